The summed E-state index contributed by atoms with van der Waals surface area (Å²) in [5, 5.41) is 6.51. The number of nitrogens with one attached hydrogen (secondary N) is 2. The first-order valence-electron chi connectivity index (χ1n) is 7.63. The molecule has 0 heterocycles. The molecule has 0 aliphatic carbocycles. The minimum absolute atomic E-state index is 0.175. The molecular formula is C18H19N3O5. The molecule has 0 aromatic heterocycles. The van der Waals surface area contributed by atoms with E-state index in [0.717, 1.165) is 0 Å². The maximum absolute atomic E-state index is 11.8. The number of hydrogen-bond acceptors (Lipinski definition) is 6. The topological polar surface area (TPSA) is 98.2 Å². The third-order valence-corrected chi connectivity index (χ3v) is 3.14. The van der Waals surface area contributed by atoms with Crippen molar-refractivity contribution in [1.29, 1.82) is 0 Å². The molecule has 0 saturated heterocycles. The SMILES string of the molecule is COc1cc(/C=N\NC(=O)Nc2ccccc2)cc(OC)c1OC(C)=O. The van der Waals surface area contributed by atoms with Crippen molar-refractivity contribution in [3.63, 3.8) is 0 Å². The molecule has 0 atom stereocenters. The highest BCUT2D eigenvalue weighted by molar-refractivity contribution is 5.90. The van der Waals surface area contributed by atoms with Gasteiger partial charge in [0.25, 0.3) is 0 Å². The van der Waals surface area contributed by atoms with Crippen molar-refractivity contribution < 1.29 is 23.8 Å². The fourth-order valence-corrected chi connectivity index (χ4v) is 2.07. The smallest absolute Gasteiger partial charge is 0.339 e. The van der Waals surface area contributed by atoms with E-state index in [4.69, 9.17) is 14.2 Å². The van der Waals surface area contributed by atoms with Crippen molar-refractivity contribution >= 4 is 23.9 Å². The Balaban J connectivity index is 2.09. The number of hydrogen-bond donors (Lipinski definition) is 2. The molecule has 2 aromatic carbocycles. The second kappa shape index (κ2) is 9.07. The minimum Gasteiger partial charge on any atom is -0.493 e. The lowest BCUT2D eigenvalue weighted by molar-refractivity contribution is -0.132. The van der Waals surface area contributed by atoms with Gasteiger partial charge in [0.15, 0.2) is 11.5 Å². The van der Waals surface area contributed by atoms with Crippen LogP contribution in [0.2, 0.25) is 0 Å². The van der Waals surface area contributed by atoms with Crippen molar-refractivity contribution in [3.05, 3.63) is 48.0 Å². The summed E-state index contributed by atoms with van der Waals surface area (Å²) in [6.45, 7) is 1.28. The normalized spacial score (nSPS) is 10.3. The fourth-order valence-electron chi connectivity index (χ4n) is 2.07. The van der Waals surface area contributed by atoms with Crippen LogP contribution in [-0.2, 0) is 4.79 Å². The summed E-state index contributed by atoms with van der Waals surface area (Å²) in [7, 11) is 2.88. The summed E-state index contributed by atoms with van der Waals surface area (Å²) in [6.07, 6.45) is 1.41. The van der Waals surface area contributed by atoms with Crippen molar-refractivity contribution in [2.45, 2.75) is 6.92 Å². The number of nitrogens with zero attached hydrogens (tertiary/aromatic N) is 1. The Morgan fingerprint density at radius 3 is 2.19 bits per heavy atom. The van der Waals surface area contributed by atoms with Crippen LogP contribution < -0.4 is 25.0 Å². The lowest BCUT2D eigenvalue weighted by Crippen LogP contribution is -2.24. The van der Waals surface area contributed by atoms with E-state index in [9.17, 15) is 9.59 Å². The average molecular weight is 357 g/mol. The predicted molar refractivity (Wildman–Crippen MR) is 97.0 cm³/mol. The van der Waals surface area contributed by atoms with Gasteiger partial charge in [0.2, 0.25) is 5.75 Å². The number of esters is 1. The second-order valence-corrected chi connectivity index (χ2v) is 5.04. The number of amides is 2. The van der Waals surface area contributed by atoms with Crippen LogP contribution in [0, 0.1) is 0 Å². The summed E-state index contributed by atoms with van der Waals surface area (Å²) < 4.78 is 15.5. The zero-order valence-electron chi connectivity index (χ0n) is 14.6. The predicted octanol–water partition coefficient (Wildman–Crippen LogP) is 2.78. The first-order valence-corrected chi connectivity index (χ1v) is 7.63. The third kappa shape index (κ3) is 5.23. The summed E-state index contributed by atoms with van der Waals surface area (Å²) in [5.41, 5.74) is 3.58. The molecule has 0 saturated carbocycles. The number of hydrazone groups is 1. The Morgan fingerprint density at radius 2 is 1.65 bits per heavy atom. The van der Waals surface area contributed by atoms with Crippen LogP contribution in [0.25, 0.3) is 0 Å². The Kier molecular flexibility index (Phi) is 6.55. The van der Waals surface area contributed by atoms with Gasteiger partial charge in [-0.2, -0.15) is 5.10 Å². The van der Waals surface area contributed by atoms with Crippen LogP contribution in [0.1, 0.15) is 12.5 Å². The monoisotopic (exact) mass is 357 g/mol. The highest BCUT2D eigenvalue weighted by Crippen LogP contribution is 2.38. The molecule has 2 amide bonds. The summed E-state index contributed by atoms with van der Waals surface area (Å²) >= 11 is 0. The summed E-state index contributed by atoms with van der Waals surface area (Å²) in [5.74, 6) is 0.279. The van der Waals surface area contributed by atoms with Crippen molar-refractivity contribution in [3.8, 4) is 17.2 Å². The second-order valence-electron chi connectivity index (χ2n) is 5.04. The molecule has 0 bridgehead atoms. The van der Waals surface area contributed by atoms with Gasteiger partial charge < -0.3 is 19.5 Å². The number of urea groups is 1. The van der Waals surface area contributed by atoms with Crippen LogP contribution in [0.15, 0.2) is 47.6 Å². The van der Waals surface area contributed by atoms with Gasteiger partial charge in [0, 0.05) is 18.2 Å². The molecule has 0 aliphatic rings. The number of rotatable bonds is 6. The number of para-hydroxylation sites is 1. The first-order chi connectivity index (χ1) is 12.5. The maximum atomic E-state index is 11.8. The molecule has 8 nitrogen and oxygen atoms in total. The van der Waals surface area contributed by atoms with E-state index in [1.165, 1.54) is 27.4 Å². The average Bonchev–Trinajstić information content (AvgIpc) is 2.62. The van der Waals surface area contributed by atoms with Gasteiger partial charge in [0.1, 0.15) is 0 Å². The zero-order valence-corrected chi connectivity index (χ0v) is 14.6. The van der Waals surface area contributed by atoms with Crippen molar-refractivity contribution in [2.75, 3.05) is 19.5 Å². The molecule has 2 rings (SSSR count). The third-order valence-electron chi connectivity index (χ3n) is 3.14. The standard InChI is InChI=1S/C18H19N3O5/c1-12(22)26-17-15(24-2)9-13(10-16(17)25-3)11-19-21-18(23)20-14-7-5-4-6-8-14/h4-11H,1-3H3,(H2,20,21,23)/b19-11-. The number of ether oxygens (including phenoxy) is 3. The lowest BCUT2D eigenvalue weighted by atomic mass is 10.2. The van der Waals surface area contributed by atoms with Crippen LogP contribution in [0.3, 0.4) is 0 Å². The molecule has 0 radical (unpaired) electrons. The molecule has 2 N–H and O–H groups in total. The van der Waals surface area contributed by atoms with E-state index < -0.39 is 12.0 Å². The zero-order chi connectivity index (χ0) is 18.9. The van der Waals surface area contributed by atoms with Gasteiger partial charge in [0.05, 0.1) is 20.4 Å². The van der Waals surface area contributed by atoms with E-state index in [1.807, 2.05) is 18.2 Å². The Bertz CT molecular complexity index is 781. The number of anilines is 1. The van der Waals surface area contributed by atoms with E-state index in [-0.39, 0.29) is 5.75 Å². The Morgan fingerprint density at radius 1 is 1.04 bits per heavy atom. The molecule has 8 heteroatoms. The molecule has 136 valence electrons. The maximum Gasteiger partial charge on any atom is 0.339 e. The molecule has 0 unspecified atom stereocenters. The Labute approximate surface area is 150 Å². The quantitative estimate of drug-likeness (QED) is 0.358. The number of benzene rings is 2. The van der Waals surface area contributed by atoms with E-state index in [0.29, 0.717) is 22.7 Å². The molecule has 0 fully saturated rings. The summed E-state index contributed by atoms with van der Waals surface area (Å²) in [6, 6.07) is 11.7. The summed E-state index contributed by atoms with van der Waals surface area (Å²) in [4.78, 5) is 23.0. The molecule has 2 aromatic rings. The van der Waals surface area contributed by atoms with Crippen LogP contribution in [-0.4, -0.2) is 32.4 Å². The number of carbonyl (C=O) groups excluding carboxylic acids is 2. The minimum atomic E-state index is -0.498. The number of methoxy groups -OCH3 is 2. The fraction of sp³-hybridized carbons (Fsp3) is 0.167. The Hall–Kier alpha value is -3.55. The van der Waals surface area contributed by atoms with E-state index in [2.05, 4.69) is 15.8 Å². The molecular weight excluding hydrogens is 338 g/mol. The van der Waals surface area contributed by atoms with Crippen LogP contribution in [0.4, 0.5) is 10.5 Å². The van der Waals surface area contributed by atoms with Gasteiger partial charge >= 0.3 is 12.0 Å². The lowest BCUT2D eigenvalue weighted by Gasteiger charge is -2.13. The van der Waals surface area contributed by atoms with Gasteiger partial charge in [-0.25, -0.2) is 10.2 Å². The van der Waals surface area contributed by atoms with Crippen LogP contribution >= 0.6 is 0 Å². The van der Waals surface area contributed by atoms with Gasteiger partial charge in [-0.05, 0) is 24.3 Å². The van der Waals surface area contributed by atoms with Crippen molar-refractivity contribution in [1.82, 2.24) is 5.43 Å². The van der Waals surface area contributed by atoms with Crippen molar-refractivity contribution in [2.24, 2.45) is 5.10 Å². The molecule has 0 spiro atoms. The largest absolute Gasteiger partial charge is 0.493 e. The first kappa shape index (κ1) is 18.8. The van der Waals surface area contributed by atoms with Crippen LogP contribution in [0.5, 0.6) is 17.2 Å². The van der Waals surface area contributed by atoms with E-state index in [1.54, 1.807) is 24.3 Å². The van der Waals surface area contributed by atoms with Gasteiger partial charge in [-0.3, -0.25) is 4.79 Å². The van der Waals surface area contributed by atoms with Gasteiger partial charge in [-0.15, -0.1) is 0 Å². The highest BCUT2D eigenvalue weighted by Gasteiger charge is 2.15. The highest BCUT2D eigenvalue weighted by atomic mass is 16.6. The molecule has 0 aliphatic heterocycles. The van der Waals surface area contributed by atoms with Gasteiger partial charge in [-0.1, -0.05) is 18.2 Å². The number of carbonyl (C=O) groups is 2. The van der Waals surface area contributed by atoms with E-state index >= 15 is 0 Å². The molecule has 26 heavy (non-hydrogen) atoms.